The van der Waals surface area contributed by atoms with Gasteiger partial charge < -0.3 is 64.5 Å². The number of aliphatic hydroxyl groups excluding tert-OH is 7. The molecule has 0 amide bonds. The van der Waals surface area contributed by atoms with E-state index in [1.54, 1.807) is 0 Å². The number of rotatable bonds is 12. The summed E-state index contributed by atoms with van der Waals surface area (Å²) in [6, 6.07) is 0. The van der Waals surface area contributed by atoms with Crippen LogP contribution >= 0.6 is 0 Å². The Kier molecular flexibility index (Phi) is 13.7. The van der Waals surface area contributed by atoms with E-state index in [9.17, 15) is 53.8 Å². The number of methoxy groups -OCH3 is 1. The highest BCUT2D eigenvalue weighted by atomic mass is 32.3. The molecular formula is C39H66O17S. The average molecular weight is 839 g/mol. The molecule has 2 saturated heterocycles. The minimum Gasteiger partial charge on any atom is -0.393 e. The molecule has 0 unspecified atom stereocenters. The zero-order valence-electron chi connectivity index (χ0n) is 33.7. The molecule has 0 spiro atoms. The predicted molar refractivity (Wildman–Crippen MR) is 199 cm³/mol. The van der Waals surface area contributed by atoms with Crippen molar-refractivity contribution in [1.82, 2.24) is 0 Å². The molecule has 2 heterocycles. The maximum Gasteiger partial charge on any atom is 0.397 e. The van der Waals surface area contributed by atoms with Crippen LogP contribution in [-0.4, -0.2) is 160 Å². The summed E-state index contributed by atoms with van der Waals surface area (Å²) in [4.78, 5) is 0. The number of hydrogen-bond donors (Lipinski definition) is 9. The van der Waals surface area contributed by atoms with Crippen LogP contribution in [0.3, 0.4) is 0 Å². The summed E-state index contributed by atoms with van der Waals surface area (Å²) in [5.41, 5.74) is -2.36. The molecule has 4 saturated carbocycles. The highest BCUT2D eigenvalue weighted by Gasteiger charge is 2.71. The molecule has 18 heteroatoms. The standard InChI is InChI=1S/C39H66O17S/c1-18(20(3)15-52-35-33(31(26(44)17-53-35)56-57(48,49)50)55-36-32(51-6)30(46)25(43)16-54-36)7-8-19(2)21-13-23(41)34-37(21,4)12-10-27-38(5)11-9-22(40)29(45)28(38)24(42)14-39(27,34)47/h7-8,18-36,40-47H,9-17H2,1-6H3,(H,48,49,50)/b8-7-/t18-,19-,20-,21-,22+,23-,24+,25-,26-,27-,28+,29+,30+,31+,32-,33-,34-,35-,36+,37-,38-,39+/m1/s1. The molecule has 0 radical (unpaired) electrons. The molecule has 9 N–H and O–H groups in total. The van der Waals surface area contributed by atoms with Crippen LogP contribution in [0.1, 0.15) is 73.1 Å². The summed E-state index contributed by atoms with van der Waals surface area (Å²) in [6.45, 7) is 9.54. The third kappa shape index (κ3) is 8.51. The highest BCUT2D eigenvalue weighted by molar-refractivity contribution is 7.80. The van der Waals surface area contributed by atoms with Crippen molar-refractivity contribution in [2.45, 2.75) is 152 Å². The van der Waals surface area contributed by atoms with Gasteiger partial charge in [-0.3, -0.25) is 4.55 Å². The van der Waals surface area contributed by atoms with Gasteiger partial charge in [0.25, 0.3) is 0 Å². The van der Waals surface area contributed by atoms with Gasteiger partial charge in [0.2, 0.25) is 0 Å². The van der Waals surface area contributed by atoms with Crippen LogP contribution in [0.5, 0.6) is 0 Å². The van der Waals surface area contributed by atoms with Gasteiger partial charge in [-0.15, -0.1) is 0 Å². The van der Waals surface area contributed by atoms with Gasteiger partial charge in [0.05, 0.1) is 49.8 Å². The fourth-order valence-corrected chi connectivity index (χ4v) is 12.6. The zero-order chi connectivity index (χ0) is 42.0. The zero-order valence-corrected chi connectivity index (χ0v) is 34.5. The Bertz CT molecular complexity index is 1520. The van der Waals surface area contributed by atoms with Crippen molar-refractivity contribution >= 4 is 10.4 Å². The van der Waals surface area contributed by atoms with Crippen LogP contribution in [-0.2, 0) is 38.3 Å². The summed E-state index contributed by atoms with van der Waals surface area (Å²) in [6.07, 6.45) is -8.05. The van der Waals surface area contributed by atoms with E-state index in [0.717, 1.165) is 6.42 Å². The topological polar surface area (TPSA) is 272 Å². The van der Waals surface area contributed by atoms with Crippen molar-refractivity contribution in [1.29, 1.82) is 0 Å². The number of aliphatic hydroxyl groups is 8. The van der Waals surface area contributed by atoms with Crippen LogP contribution in [0, 0.1) is 52.3 Å². The molecule has 57 heavy (non-hydrogen) atoms. The Morgan fingerprint density at radius 3 is 2.11 bits per heavy atom. The van der Waals surface area contributed by atoms with Gasteiger partial charge in [0.15, 0.2) is 12.6 Å². The van der Waals surface area contributed by atoms with Crippen molar-refractivity contribution in [3.8, 4) is 0 Å². The number of allylic oxidation sites excluding steroid dienone is 2. The Morgan fingerprint density at radius 2 is 1.44 bits per heavy atom. The molecule has 6 rings (SSSR count). The van der Waals surface area contributed by atoms with Gasteiger partial charge in [0, 0.05) is 25.4 Å². The van der Waals surface area contributed by atoms with Crippen molar-refractivity contribution in [2.24, 2.45) is 52.3 Å². The van der Waals surface area contributed by atoms with Gasteiger partial charge in [-0.25, -0.2) is 4.18 Å². The maximum absolute atomic E-state index is 12.6. The minimum absolute atomic E-state index is 0.00578. The van der Waals surface area contributed by atoms with Crippen LogP contribution in [0.2, 0.25) is 0 Å². The smallest absolute Gasteiger partial charge is 0.393 e. The Hall–Kier alpha value is -0.910. The van der Waals surface area contributed by atoms with E-state index in [0.29, 0.717) is 25.7 Å². The van der Waals surface area contributed by atoms with E-state index in [2.05, 4.69) is 26.0 Å². The second-order valence-electron chi connectivity index (χ2n) is 18.6. The molecule has 22 atom stereocenters. The van der Waals surface area contributed by atoms with Crippen molar-refractivity contribution in [2.75, 3.05) is 26.9 Å². The number of fused-ring (bicyclic) bond motifs is 5. The van der Waals surface area contributed by atoms with E-state index < -0.39 is 119 Å². The van der Waals surface area contributed by atoms with E-state index in [-0.39, 0.29) is 49.2 Å². The first kappa shape index (κ1) is 45.6. The highest BCUT2D eigenvalue weighted by Crippen LogP contribution is 2.69. The quantitative estimate of drug-likeness (QED) is 0.0917. The van der Waals surface area contributed by atoms with Gasteiger partial charge in [-0.05, 0) is 72.5 Å². The molecule has 0 bridgehead atoms. The summed E-state index contributed by atoms with van der Waals surface area (Å²) >= 11 is 0. The monoisotopic (exact) mass is 838 g/mol. The second-order valence-corrected chi connectivity index (χ2v) is 19.7. The first-order valence-electron chi connectivity index (χ1n) is 20.4. The molecule has 4 aliphatic carbocycles. The van der Waals surface area contributed by atoms with Gasteiger partial charge >= 0.3 is 10.4 Å². The Morgan fingerprint density at radius 1 is 0.789 bits per heavy atom. The molecule has 2 aliphatic heterocycles. The molecule has 0 aromatic carbocycles. The Labute approximate surface area is 335 Å². The molecule has 0 aromatic heterocycles. The van der Waals surface area contributed by atoms with Crippen molar-refractivity contribution in [3.05, 3.63) is 12.2 Å². The van der Waals surface area contributed by atoms with Crippen molar-refractivity contribution < 1.29 is 81.7 Å². The summed E-state index contributed by atoms with van der Waals surface area (Å²) in [7, 11) is -3.82. The lowest BCUT2D eigenvalue weighted by atomic mass is 9.41. The van der Waals surface area contributed by atoms with Crippen LogP contribution in [0.25, 0.3) is 0 Å². The minimum atomic E-state index is -5.08. The average Bonchev–Trinajstić information content (AvgIpc) is 3.41. The van der Waals surface area contributed by atoms with Crippen LogP contribution < -0.4 is 0 Å². The number of hydrogen-bond acceptors (Lipinski definition) is 16. The third-order valence-corrected chi connectivity index (χ3v) is 15.7. The summed E-state index contributed by atoms with van der Waals surface area (Å²) < 4.78 is 66.4. The fourth-order valence-electron chi connectivity index (χ4n) is 12.1. The third-order valence-electron chi connectivity index (χ3n) is 15.2. The molecule has 17 nitrogen and oxygen atoms in total. The summed E-state index contributed by atoms with van der Waals surface area (Å²) in [5.74, 6) is -1.45. The van der Waals surface area contributed by atoms with E-state index in [1.807, 2.05) is 20.8 Å². The van der Waals surface area contributed by atoms with Crippen LogP contribution in [0.4, 0.5) is 0 Å². The van der Waals surface area contributed by atoms with E-state index in [1.165, 1.54) is 7.11 Å². The predicted octanol–water partition coefficient (Wildman–Crippen LogP) is -0.102. The molecular weight excluding hydrogens is 772 g/mol. The first-order chi connectivity index (χ1) is 26.6. The Balaban J connectivity index is 1.12. The van der Waals surface area contributed by atoms with Crippen LogP contribution in [0.15, 0.2) is 12.2 Å². The van der Waals surface area contributed by atoms with Gasteiger partial charge in [0.1, 0.15) is 36.6 Å². The second kappa shape index (κ2) is 17.1. The molecule has 6 fully saturated rings. The number of ether oxygens (including phenoxy) is 5. The summed E-state index contributed by atoms with van der Waals surface area (Å²) in [5, 5.41) is 88.3. The van der Waals surface area contributed by atoms with Gasteiger partial charge in [-0.1, -0.05) is 46.8 Å². The SMILES string of the molecule is CO[C@H]1[C@H](O[C@H]2[C@H](OC[C@@H](C)[C@H](C)/C=C\[C@@H](C)[C@H]3C[C@@H](O)[C@@H]4[C@]3(C)CC[C@@H]3[C@@]5(C)CC[C@H](O)[C@H](O)[C@@H]5[C@@H](O)C[C@]34O)OC[C@@H](O)[C@@H]2OS(=O)(=O)O)OC[C@@H](O)[C@@H]1O. The lowest BCUT2D eigenvalue weighted by molar-refractivity contribution is -0.344. The first-order valence-corrected chi connectivity index (χ1v) is 21.8. The lowest BCUT2D eigenvalue weighted by Crippen LogP contribution is -2.70. The largest absolute Gasteiger partial charge is 0.397 e. The molecule has 6 aliphatic rings. The maximum atomic E-state index is 12.6. The van der Waals surface area contributed by atoms with E-state index in [4.69, 9.17) is 27.9 Å². The van der Waals surface area contributed by atoms with E-state index >= 15 is 0 Å². The molecule has 330 valence electrons. The molecule has 0 aromatic rings. The normalized spacial score (nSPS) is 50.8. The fraction of sp³-hybridized carbons (Fsp3) is 0.949. The van der Waals surface area contributed by atoms with Crippen molar-refractivity contribution in [3.63, 3.8) is 0 Å². The lowest BCUT2D eigenvalue weighted by Gasteiger charge is -2.66. The van der Waals surface area contributed by atoms with Gasteiger partial charge in [-0.2, -0.15) is 8.42 Å².